The van der Waals surface area contributed by atoms with Crippen molar-refractivity contribution in [2.24, 2.45) is 0 Å². The van der Waals surface area contributed by atoms with Crippen LogP contribution in [0.3, 0.4) is 0 Å². The van der Waals surface area contributed by atoms with Crippen LogP contribution in [0.5, 0.6) is 0 Å². The number of Topliss-reactive ketones (excluding diaryl/α,β-unsaturated/α-hetero) is 1. The number of thioether (sulfide) groups is 1. The number of ketones is 1. The number of amides is 4. The lowest BCUT2D eigenvalue weighted by molar-refractivity contribution is -0.150. The molecule has 1 heterocycles. The Labute approximate surface area is 172 Å². The third-order valence-electron chi connectivity index (χ3n) is 4.54. The van der Waals surface area contributed by atoms with E-state index in [9.17, 15) is 24.0 Å². The van der Waals surface area contributed by atoms with Gasteiger partial charge in [-0.05, 0) is 31.7 Å². The Bertz CT molecular complexity index is 826. The zero-order valence-electron chi connectivity index (χ0n) is 16.4. The number of hydrogen-bond acceptors (Lipinski definition) is 7. The van der Waals surface area contributed by atoms with Gasteiger partial charge in [-0.1, -0.05) is 19.1 Å². The van der Waals surface area contributed by atoms with Crippen LogP contribution < -0.4 is 10.7 Å². The maximum absolute atomic E-state index is 12.2. The summed E-state index contributed by atoms with van der Waals surface area (Å²) >= 11 is 1.56. The van der Waals surface area contributed by atoms with E-state index in [2.05, 4.69) is 10.7 Å². The van der Waals surface area contributed by atoms with E-state index in [4.69, 9.17) is 4.74 Å². The summed E-state index contributed by atoms with van der Waals surface area (Å²) in [5.74, 6) is -2.37. The molecule has 2 rings (SSSR count). The molecule has 1 aromatic carbocycles. The van der Waals surface area contributed by atoms with Crippen LogP contribution in [0.2, 0.25) is 0 Å². The average Bonchev–Trinajstić information content (AvgIpc) is 2.94. The van der Waals surface area contributed by atoms with Crippen molar-refractivity contribution in [2.45, 2.75) is 43.5 Å². The first kappa shape index (κ1) is 22.4. The van der Waals surface area contributed by atoms with Gasteiger partial charge < -0.3 is 10.1 Å². The van der Waals surface area contributed by atoms with Crippen LogP contribution in [0.4, 0.5) is 4.79 Å². The molecule has 0 saturated carbocycles. The molecule has 4 amide bonds. The van der Waals surface area contributed by atoms with Crippen LogP contribution in [0, 0.1) is 0 Å². The van der Waals surface area contributed by atoms with Gasteiger partial charge >= 0.3 is 12.0 Å². The third-order valence-corrected chi connectivity index (χ3v) is 5.28. The highest BCUT2D eigenvalue weighted by molar-refractivity contribution is 7.98. The minimum Gasteiger partial charge on any atom is -0.455 e. The van der Waals surface area contributed by atoms with E-state index in [1.807, 2.05) is 18.4 Å². The van der Waals surface area contributed by atoms with Gasteiger partial charge in [0, 0.05) is 16.9 Å². The largest absolute Gasteiger partial charge is 0.455 e. The molecule has 2 N–H and O–H groups in total. The lowest BCUT2D eigenvalue weighted by Crippen LogP contribution is -2.49. The number of ether oxygens (including phenoxy) is 1. The van der Waals surface area contributed by atoms with Gasteiger partial charge in [0.15, 0.2) is 12.4 Å². The van der Waals surface area contributed by atoms with Crippen molar-refractivity contribution in [1.82, 2.24) is 15.8 Å². The molecule has 1 fully saturated rings. The van der Waals surface area contributed by atoms with Crippen molar-refractivity contribution < 1.29 is 28.7 Å². The zero-order valence-corrected chi connectivity index (χ0v) is 17.3. The standard InChI is InChI=1S/C19H23N3O6S/c1-4-19(2)17(26)22(18(27)20-19)21-15(24)11-28-16(25)10-9-14(23)12-5-7-13(29-3)8-6-12/h5-8H,4,9-11H2,1-3H3,(H,20,27)(H,21,24). The summed E-state index contributed by atoms with van der Waals surface area (Å²) in [6, 6.07) is 6.27. The van der Waals surface area contributed by atoms with E-state index in [-0.39, 0.29) is 18.6 Å². The number of carbonyl (C=O) groups is 5. The van der Waals surface area contributed by atoms with Gasteiger partial charge in [-0.3, -0.25) is 24.6 Å². The molecule has 1 aliphatic heterocycles. The molecular formula is C19H23N3O6S. The second-order valence-corrected chi connectivity index (χ2v) is 7.48. The van der Waals surface area contributed by atoms with Crippen LogP contribution >= 0.6 is 11.8 Å². The van der Waals surface area contributed by atoms with Crippen LogP contribution in [-0.4, -0.2) is 53.0 Å². The van der Waals surface area contributed by atoms with Crippen LogP contribution in [0.1, 0.15) is 43.5 Å². The van der Waals surface area contributed by atoms with Crippen LogP contribution in [0.15, 0.2) is 29.2 Å². The number of carbonyl (C=O) groups excluding carboxylic acids is 5. The molecule has 1 saturated heterocycles. The average molecular weight is 421 g/mol. The molecule has 29 heavy (non-hydrogen) atoms. The second-order valence-electron chi connectivity index (χ2n) is 6.60. The fourth-order valence-corrected chi connectivity index (χ4v) is 2.95. The Hall–Kier alpha value is -2.88. The van der Waals surface area contributed by atoms with Crippen molar-refractivity contribution >= 4 is 41.4 Å². The number of imide groups is 1. The predicted molar refractivity (Wildman–Crippen MR) is 105 cm³/mol. The summed E-state index contributed by atoms with van der Waals surface area (Å²) < 4.78 is 4.81. The Balaban J connectivity index is 1.76. The molecular weight excluding hydrogens is 398 g/mol. The van der Waals surface area contributed by atoms with Gasteiger partial charge in [-0.2, -0.15) is 5.01 Å². The van der Waals surface area contributed by atoms with E-state index >= 15 is 0 Å². The third kappa shape index (κ3) is 5.57. The first-order chi connectivity index (χ1) is 13.7. The number of rotatable bonds is 9. The quantitative estimate of drug-likeness (QED) is 0.269. The van der Waals surface area contributed by atoms with Crippen molar-refractivity contribution in [3.05, 3.63) is 29.8 Å². The Morgan fingerprint density at radius 3 is 2.38 bits per heavy atom. The zero-order chi connectivity index (χ0) is 21.6. The summed E-state index contributed by atoms with van der Waals surface area (Å²) in [5.41, 5.74) is 1.52. The minimum atomic E-state index is -1.09. The van der Waals surface area contributed by atoms with Crippen molar-refractivity contribution in [3.63, 3.8) is 0 Å². The monoisotopic (exact) mass is 421 g/mol. The molecule has 0 aromatic heterocycles. The van der Waals surface area contributed by atoms with E-state index in [0.29, 0.717) is 17.0 Å². The maximum atomic E-state index is 12.2. The lowest BCUT2D eigenvalue weighted by atomic mass is 10.00. The van der Waals surface area contributed by atoms with E-state index in [0.717, 1.165) is 4.90 Å². The summed E-state index contributed by atoms with van der Waals surface area (Å²) in [4.78, 5) is 60.8. The van der Waals surface area contributed by atoms with Crippen molar-refractivity contribution in [1.29, 1.82) is 0 Å². The van der Waals surface area contributed by atoms with Crippen molar-refractivity contribution in [3.8, 4) is 0 Å². The Morgan fingerprint density at radius 2 is 1.83 bits per heavy atom. The number of benzene rings is 1. The number of urea groups is 1. The van der Waals surface area contributed by atoms with Crippen LogP contribution in [0.25, 0.3) is 0 Å². The lowest BCUT2D eigenvalue weighted by Gasteiger charge is -2.19. The highest BCUT2D eigenvalue weighted by atomic mass is 32.2. The van der Waals surface area contributed by atoms with Gasteiger partial charge in [0.25, 0.3) is 11.8 Å². The van der Waals surface area contributed by atoms with Gasteiger partial charge in [0.05, 0.1) is 6.42 Å². The Kier molecular flexibility index (Phi) is 7.38. The van der Waals surface area contributed by atoms with E-state index in [1.54, 1.807) is 37.7 Å². The molecule has 156 valence electrons. The summed E-state index contributed by atoms with van der Waals surface area (Å²) in [5, 5.41) is 3.05. The number of hydrogen-bond donors (Lipinski definition) is 2. The summed E-state index contributed by atoms with van der Waals surface area (Å²) in [7, 11) is 0. The number of esters is 1. The highest BCUT2D eigenvalue weighted by Gasteiger charge is 2.47. The van der Waals surface area contributed by atoms with Gasteiger partial charge in [-0.15, -0.1) is 11.8 Å². The number of nitrogens with zero attached hydrogens (tertiary/aromatic N) is 1. The number of hydrazine groups is 1. The molecule has 1 aliphatic rings. The molecule has 1 atom stereocenters. The molecule has 1 unspecified atom stereocenters. The predicted octanol–water partition coefficient (Wildman–Crippen LogP) is 1.67. The molecule has 10 heteroatoms. The normalized spacial score (nSPS) is 18.4. The fourth-order valence-electron chi connectivity index (χ4n) is 2.54. The summed E-state index contributed by atoms with van der Waals surface area (Å²) in [6.07, 6.45) is 2.04. The van der Waals surface area contributed by atoms with Crippen LogP contribution in [-0.2, 0) is 19.1 Å². The Morgan fingerprint density at radius 1 is 1.17 bits per heavy atom. The topological polar surface area (TPSA) is 122 Å². The molecule has 0 bridgehead atoms. The maximum Gasteiger partial charge on any atom is 0.344 e. The highest BCUT2D eigenvalue weighted by Crippen LogP contribution is 2.19. The van der Waals surface area contributed by atoms with Crippen molar-refractivity contribution in [2.75, 3.05) is 12.9 Å². The van der Waals surface area contributed by atoms with E-state index < -0.39 is 36.0 Å². The van der Waals surface area contributed by atoms with Gasteiger partial charge in [-0.25, -0.2) is 4.79 Å². The minimum absolute atomic E-state index is 0.0546. The molecule has 0 radical (unpaired) electrons. The molecule has 9 nitrogen and oxygen atoms in total. The number of nitrogens with one attached hydrogen (secondary N) is 2. The SMILES string of the molecule is CCC1(C)NC(=O)N(NC(=O)COC(=O)CCC(=O)c2ccc(SC)cc2)C1=O. The smallest absolute Gasteiger partial charge is 0.344 e. The molecule has 0 spiro atoms. The van der Waals surface area contributed by atoms with E-state index in [1.165, 1.54) is 0 Å². The molecule has 1 aromatic rings. The second kappa shape index (κ2) is 9.55. The van der Waals surface area contributed by atoms with Gasteiger partial charge in [0.1, 0.15) is 5.54 Å². The van der Waals surface area contributed by atoms with Gasteiger partial charge in [0.2, 0.25) is 0 Å². The fraction of sp³-hybridized carbons (Fsp3) is 0.421. The first-order valence-electron chi connectivity index (χ1n) is 8.99. The molecule has 0 aliphatic carbocycles. The first-order valence-corrected chi connectivity index (χ1v) is 10.2. The summed E-state index contributed by atoms with van der Waals surface area (Å²) in [6.45, 7) is 2.60.